The molecule has 0 aliphatic heterocycles. The van der Waals surface area contributed by atoms with Crippen LogP contribution in [-0.2, 0) is 0 Å². The molecule has 0 fully saturated rings. The number of guanidine groups is 1. The molecule has 1 N–H and O–H groups in total. The predicted molar refractivity (Wildman–Crippen MR) is 59.4 cm³/mol. The second-order valence-electron chi connectivity index (χ2n) is 3.07. The molecule has 82 valence electrons. The van der Waals surface area contributed by atoms with E-state index in [-0.39, 0.29) is 0 Å². The molecule has 6 heteroatoms. The summed E-state index contributed by atoms with van der Waals surface area (Å²) < 4.78 is 0. The Bertz CT molecular complexity index is 180. The molecule has 0 rings (SSSR count). The van der Waals surface area contributed by atoms with Crippen molar-refractivity contribution in [1.82, 2.24) is 9.80 Å². The number of nitrogens with zero attached hydrogens (tertiary/aromatic N) is 5. The highest BCUT2D eigenvalue weighted by atomic mass is 15.3. The molecular weight excluding hydrogens is 180 g/mol. The van der Waals surface area contributed by atoms with E-state index in [1.54, 1.807) is 4.91 Å². The van der Waals surface area contributed by atoms with E-state index in [0.29, 0.717) is 0 Å². The van der Waals surface area contributed by atoms with Gasteiger partial charge in [-0.15, -0.1) is 5.53 Å². The topological polar surface area (TPSA) is 79.1 Å². The smallest absolute Gasteiger partial charge is 0.195 e. The fourth-order valence-electron chi connectivity index (χ4n) is 0.895. The number of nitrogens with one attached hydrogen (secondary N) is 1. The van der Waals surface area contributed by atoms with Gasteiger partial charge in [0.1, 0.15) is 0 Å². The van der Waals surface area contributed by atoms with Gasteiger partial charge in [-0.2, -0.15) is 0 Å². The van der Waals surface area contributed by atoms with Crippen molar-refractivity contribution in [2.45, 2.75) is 13.3 Å². The van der Waals surface area contributed by atoms with Gasteiger partial charge in [-0.25, -0.2) is 0 Å². The summed E-state index contributed by atoms with van der Waals surface area (Å²) in [6.07, 6.45) is 1.10. The molecule has 0 saturated carbocycles. The minimum absolute atomic E-state index is 0.908. The quantitative estimate of drug-likeness (QED) is 0.242. The Hall–Kier alpha value is -1.42. The first-order valence-electron chi connectivity index (χ1n) is 4.41. The van der Waals surface area contributed by atoms with E-state index >= 15 is 0 Å². The Morgan fingerprint density at radius 1 is 1.29 bits per heavy atom. The van der Waals surface area contributed by atoms with Gasteiger partial charge in [-0.3, -0.25) is 4.99 Å². The second kappa shape index (κ2) is 9.67. The highest BCUT2D eigenvalue weighted by molar-refractivity contribution is 5.79. The first-order valence-corrected chi connectivity index (χ1v) is 4.41. The van der Waals surface area contributed by atoms with Gasteiger partial charge in [0, 0.05) is 34.7 Å². The molecule has 0 unspecified atom stereocenters. The molecule has 0 aliphatic rings. The van der Waals surface area contributed by atoms with Crippen LogP contribution in [0.5, 0.6) is 0 Å². The molecule has 0 bridgehead atoms. The molecule has 0 heterocycles. The van der Waals surface area contributed by atoms with Crippen molar-refractivity contribution in [3.8, 4) is 0 Å². The van der Waals surface area contributed by atoms with Gasteiger partial charge in [0.25, 0.3) is 0 Å². The molecular formula is C8H20N6. The third kappa shape index (κ3) is 8.67. The molecule has 0 aliphatic carbocycles. The van der Waals surface area contributed by atoms with E-state index in [2.05, 4.69) is 11.9 Å². The zero-order chi connectivity index (χ0) is 11.6. The van der Waals surface area contributed by atoms with Crippen LogP contribution in [0.25, 0.3) is 10.4 Å². The van der Waals surface area contributed by atoms with Crippen LogP contribution in [-0.4, -0.2) is 50.5 Å². The van der Waals surface area contributed by atoms with Crippen molar-refractivity contribution in [3.63, 3.8) is 0 Å². The molecule has 0 amide bonds. The van der Waals surface area contributed by atoms with Crippen LogP contribution in [0.2, 0.25) is 0 Å². The average molecular weight is 200 g/mol. The summed E-state index contributed by atoms with van der Waals surface area (Å²) >= 11 is 0. The Morgan fingerprint density at radius 3 is 1.86 bits per heavy atom. The van der Waals surface area contributed by atoms with Crippen molar-refractivity contribution in [1.29, 1.82) is 5.53 Å². The predicted octanol–water partition coefficient (Wildman–Crippen LogP) is 1.75. The van der Waals surface area contributed by atoms with Gasteiger partial charge in [0.15, 0.2) is 5.96 Å². The first kappa shape index (κ1) is 15.1. The van der Waals surface area contributed by atoms with Crippen LogP contribution in [0.3, 0.4) is 0 Å². The van der Waals surface area contributed by atoms with E-state index in [9.17, 15) is 0 Å². The highest BCUT2D eigenvalue weighted by Gasteiger charge is 2.01. The summed E-state index contributed by atoms with van der Waals surface area (Å²) in [5.74, 6) is 1.03. The largest absolute Gasteiger partial charge is 0.349 e. The summed E-state index contributed by atoms with van der Waals surface area (Å²) in [5.41, 5.74) is 12.2. The summed E-state index contributed by atoms with van der Waals surface area (Å²) in [4.78, 5) is 10.2. The number of aliphatic imine (C=N–C) groups is 1. The number of hydrogen-bond acceptors (Lipinski definition) is 2. The first-order chi connectivity index (χ1) is 6.51. The lowest BCUT2D eigenvalue weighted by molar-refractivity contribution is 0.479. The monoisotopic (exact) mass is 200 g/mol. The van der Waals surface area contributed by atoms with E-state index in [0.717, 1.165) is 18.9 Å². The lowest BCUT2D eigenvalue weighted by Crippen LogP contribution is -2.35. The molecule has 0 aromatic carbocycles. The highest BCUT2D eigenvalue weighted by Crippen LogP contribution is 1.89. The van der Waals surface area contributed by atoms with Gasteiger partial charge in [0.2, 0.25) is 0 Å². The van der Waals surface area contributed by atoms with Crippen molar-refractivity contribution < 1.29 is 0 Å². The number of rotatable bonds is 2. The van der Waals surface area contributed by atoms with Crippen molar-refractivity contribution in [2.24, 2.45) is 4.99 Å². The maximum Gasteiger partial charge on any atom is 0.195 e. The van der Waals surface area contributed by atoms with Crippen LogP contribution in [0, 0.1) is 5.53 Å². The fraction of sp³-hybridized carbons (Fsp3) is 0.875. The lowest BCUT2D eigenvalue weighted by Gasteiger charge is -2.22. The minimum Gasteiger partial charge on any atom is -0.349 e. The van der Waals surface area contributed by atoms with E-state index in [4.69, 9.17) is 11.1 Å². The molecule has 0 saturated heterocycles. The van der Waals surface area contributed by atoms with Gasteiger partial charge in [0.05, 0.1) is 0 Å². The Morgan fingerprint density at radius 2 is 1.64 bits per heavy atom. The van der Waals surface area contributed by atoms with Crippen LogP contribution in [0.15, 0.2) is 4.99 Å². The van der Waals surface area contributed by atoms with E-state index in [1.165, 1.54) is 0 Å². The van der Waals surface area contributed by atoms with Crippen molar-refractivity contribution in [3.05, 3.63) is 10.4 Å². The average Bonchev–Trinajstić information content (AvgIpc) is 2.05. The lowest BCUT2D eigenvalue weighted by atomic mass is 10.5. The van der Waals surface area contributed by atoms with Crippen molar-refractivity contribution >= 4 is 5.96 Å². The molecule has 0 atom stereocenters. The molecule has 0 aromatic rings. The van der Waals surface area contributed by atoms with Crippen molar-refractivity contribution in [2.75, 3.05) is 34.7 Å². The maximum absolute atomic E-state index is 6.86. The Kier molecular flexibility index (Phi) is 10.4. The fourth-order valence-corrected chi connectivity index (χ4v) is 0.895. The third-order valence-corrected chi connectivity index (χ3v) is 1.28. The standard InChI is InChI=1S/C8H19N3.HN3/c1-6-7-9-8(10(2)3)11(4)5;1-3-2/h6-7H2,1-5H3;1H. The molecule has 14 heavy (non-hydrogen) atoms. The molecule has 6 nitrogen and oxygen atoms in total. The molecule has 0 radical (unpaired) electrons. The number of hydrogen-bond donors (Lipinski definition) is 1. The van der Waals surface area contributed by atoms with Crippen LogP contribution >= 0.6 is 0 Å². The van der Waals surface area contributed by atoms with E-state index in [1.807, 2.05) is 38.0 Å². The SMILES string of the molecule is CCCN=C(N(C)C)N(C)C.[N-]=[N+]=N. The van der Waals surface area contributed by atoms with Gasteiger partial charge in [-0.1, -0.05) is 6.92 Å². The van der Waals surface area contributed by atoms with Crippen LogP contribution in [0.4, 0.5) is 0 Å². The summed E-state index contributed by atoms with van der Waals surface area (Å²) in [7, 11) is 8.03. The van der Waals surface area contributed by atoms with Crippen LogP contribution < -0.4 is 0 Å². The third-order valence-electron chi connectivity index (χ3n) is 1.28. The Balaban J connectivity index is 0. The zero-order valence-corrected chi connectivity index (χ0v) is 9.65. The van der Waals surface area contributed by atoms with Crippen LogP contribution in [0.1, 0.15) is 13.3 Å². The molecule has 0 spiro atoms. The summed E-state index contributed by atoms with van der Waals surface area (Å²) in [5, 5.41) is 0. The Labute approximate surface area is 85.6 Å². The normalized spacial score (nSPS) is 7.79. The zero-order valence-electron chi connectivity index (χ0n) is 9.65. The summed E-state index contributed by atoms with van der Waals surface area (Å²) in [6.45, 7) is 3.04. The molecule has 0 aromatic heterocycles. The van der Waals surface area contributed by atoms with Gasteiger partial charge < -0.3 is 9.80 Å². The maximum atomic E-state index is 6.86. The minimum atomic E-state index is 0.908. The van der Waals surface area contributed by atoms with Gasteiger partial charge >= 0.3 is 0 Å². The van der Waals surface area contributed by atoms with E-state index < -0.39 is 0 Å². The van der Waals surface area contributed by atoms with Gasteiger partial charge in [-0.05, 0) is 16.9 Å². The second-order valence-corrected chi connectivity index (χ2v) is 3.07. The summed E-state index contributed by atoms with van der Waals surface area (Å²) in [6, 6.07) is 0.